The lowest BCUT2D eigenvalue weighted by Gasteiger charge is -2.09. The Morgan fingerprint density at radius 3 is 2.95 bits per heavy atom. The molecule has 96 valence electrons. The number of aryl methyl sites for hydroxylation is 1. The maximum Gasteiger partial charge on any atom is 0.276 e. The quantitative estimate of drug-likeness (QED) is 0.900. The Kier molecular flexibility index (Phi) is 3.78. The number of rotatable bonds is 4. The maximum atomic E-state index is 11.9. The molecule has 2 aromatic rings. The van der Waals surface area contributed by atoms with E-state index in [2.05, 4.69) is 10.4 Å². The Morgan fingerprint density at radius 2 is 2.26 bits per heavy atom. The van der Waals surface area contributed by atoms with Crippen LogP contribution in [-0.4, -0.2) is 22.3 Å². The van der Waals surface area contributed by atoms with E-state index < -0.39 is 0 Å². The van der Waals surface area contributed by atoms with E-state index in [0.29, 0.717) is 17.1 Å². The van der Waals surface area contributed by atoms with Crippen LogP contribution in [0, 0.1) is 11.3 Å². The average Bonchev–Trinajstić information content (AvgIpc) is 2.84. The fourth-order valence-corrected chi connectivity index (χ4v) is 1.53. The van der Waals surface area contributed by atoms with Gasteiger partial charge in [-0.2, -0.15) is 10.4 Å². The van der Waals surface area contributed by atoms with Gasteiger partial charge in [0.15, 0.2) is 12.3 Å². The van der Waals surface area contributed by atoms with Gasteiger partial charge in [-0.1, -0.05) is 12.1 Å². The molecule has 0 radical (unpaired) electrons. The normalized spacial score (nSPS) is 9.68. The van der Waals surface area contributed by atoms with E-state index in [-0.39, 0.29) is 12.5 Å². The number of amides is 1. The van der Waals surface area contributed by atoms with E-state index in [9.17, 15) is 4.79 Å². The van der Waals surface area contributed by atoms with E-state index in [4.69, 9.17) is 10.00 Å². The van der Waals surface area contributed by atoms with Gasteiger partial charge in [0.2, 0.25) is 0 Å². The molecule has 0 aliphatic carbocycles. The third-order valence-corrected chi connectivity index (χ3v) is 2.37. The van der Waals surface area contributed by atoms with Crippen LogP contribution in [0.4, 0.5) is 5.69 Å². The molecule has 1 aromatic heterocycles. The summed E-state index contributed by atoms with van der Waals surface area (Å²) in [6.07, 6.45) is 1.69. The molecule has 0 saturated heterocycles. The average molecular weight is 256 g/mol. The van der Waals surface area contributed by atoms with Gasteiger partial charge in [0.25, 0.3) is 5.91 Å². The second-order valence-corrected chi connectivity index (χ2v) is 3.77. The molecule has 1 aromatic carbocycles. The monoisotopic (exact) mass is 256 g/mol. The molecule has 0 spiro atoms. The predicted octanol–water partition coefficient (Wildman–Crippen LogP) is 1.57. The van der Waals surface area contributed by atoms with Crippen molar-refractivity contribution >= 4 is 11.6 Å². The van der Waals surface area contributed by atoms with Gasteiger partial charge < -0.3 is 10.1 Å². The molecule has 1 N–H and O–H groups in total. The summed E-state index contributed by atoms with van der Waals surface area (Å²) in [4.78, 5) is 11.9. The van der Waals surface area contributed by atoms with Crippen molar-refractivity contribution in [2.24, 2.45) is 7.05 Å². The highest BCUT2D eigenvalue weighted by atomic mass is 16.5. The summed E-state index contributed by atoms with van der Waals surface area (Å²) in [7, 11) is 1.74. The summed E-state index contributed by atoms with van der Waals surface area (Å²) in [6.45, 7) is -0.0729. The van der Waals surface area contributed by atoms with Crippen molar-refractivity contribution in [1.82, 2.24) is 9.78 Å². The minimum atomic E-state index is -0.325. The number of anilines is 1. The molecule has 0 atom stereocenters. The Morgan fingerprint density at radius 1 is 1.47 bits per heavy atom. The molecule has 0 aliphatic heterocycles. The zero-order valence-electron chi connectivity index (χ0n) is 10.3. The molecule has 6 nitrogen and oxygen atoms in total. The minimum absolute atomic E-state index is 0.0729. The molecule has 1 heterocycles. The Balaban J connectivity index is 2.14. The first-order valence-electron chi connectivity index (χ1n) is 5.60. The SMILES string of the molecule is Cn1ccc(C(=O)Nc2ccccc2OCC#N)n1. The number of nitrogens with one attached hydrogen (secondary N) is 1. The van der Waals surface area contributed by atoms with Crippen molar-refractivity contribution in [3.05, 3.63) is 42.2 Å². The fourth-order valence-electron chi connectivity index (χ4n) is 1.53. The highest BCUT2D eigenvalue weighted by Gasteiger charge is 2.11. The van der Waals surface area contributed by atoms with Gasteiger partial charge in [-0.25, -0.2) is 0 Å². The number of hydrogen-bond donors (Lipinski definition) is 1. The van der Waals surface area contributed by atoms with Crippen LogP contribution in [-0.2, 0) is 7.05 Å². The number of carbonyl (C=O) groups is 1. The van der Waals surface area contributed by atoms with Crippen LogP contribution in [0.15, 0.2) is 36.5 Å². The van der Waals surface area contributed by atoms with Crippen molar-refractivity contribution in [1.29, 1.82) is 5.26 Å². The van der Waals surface area contributed by atoms with Gasteiger partial charge in [-0.15, -0.1) is 0 Å². The van der Waals surface area contributed by atoms with Gasteiger partial charge in [-0.3, -0.25) is 9.48 Å². The lowest BCUT2D eigenvalue weighted by atomic mass is 10.3. The topological polar surface area (TPSA) is 79.9 Å². The van der Waals surface area contributed by atoms with Gasteiger partial charge in [0.1, 0.15) is 11.8 Å². The number of hydrogen-bond acceptors (Lipinski definition) is 4. The van der Waals surface area contributed by atoms with Crippen molar-refractivity contribution in [2.45, 2.75) is 0 Å². The van der Waals surface area contributed by atoms with Gasteiger partial charge in [0, 0.05) is 13.2 Å². The number of carbonyl (C=O) groups excluding carboxylic acids is 1. The van der Waals surface area contributed by atoms with Crippen LogP contribution < -0.4 is 10.1 Å². The number of nitrogens with zero attached hydrogens (tertiary/aromatic N) is 3. The minimum Gasteiger partial charge on any atom is -0.477 e. The third-order valence-electron chi connectivity index (χ3n) is 2.37. The summed E-state index contributed by atoms with van der Waals surface area (Å²) in [5.41, 5.74) is 0.825. The Labute approximate surface area is 110 Å². The van der Waals surface area contributed by atoms with E-state index in [1.165, 1.54) is 0 Å². The van der Waals surface area contributed by atoms with E-state index >= 15 is 0 Å². The van der Waals surface area contributed by atoms with Crippen molar-refractivity contribution < 1.29 is 9.53 Å². The summed E-state index contributed by atoms with van der Waals surface area (Å²) >= 11 is 0. The molecule has 2 rings (SSSR count). The Bertz CT molecular complexity index is 628. The number of nitriles is 1. The molecule has 0 fully saturated rings. The predicted molar refractivity (Wildman–Crippen MR) is 68.7 cm³/mol. The van der Waals surface area contributed by atoms with E-state index in [1.807, 2.05) is 6.07 Å². The number of ether oxygens (including phenoxy) is 1. The van der Waals surface area contributed by atoms with Crippen LogP contribution in [0.2, 0.25) is 0 Å². The molecular formula is C13H12N4O2. The zero-order valence-corrected chi connectivity index (χ0v) is 10.3. The second-order valence-electron chi connectivity index (χ2n) is 3.77. The largest absolute Gasteiger partial charge is 0.477 e. The summed E-state index contributed by atoms with van der Waals surface area (Å²) < 4.78 is 6.78. The highest BCUT2D eigenvalue weighted by molar-refractivity contribution is 6.03. The molecule has 1 amide bonds. The number of aromatic nitrogens is 2. The standard InChI is InChI=1S/C13H12N4O2/c1-17-8-6-11(16-17)13(18)15-10-4-2-3-5-12(10)19-9-7-14/h2-6,8H,9H2,1H3,(H,15,18). The van der Waals surface area contributed by atoms with Gasteiger partial charge >= 0.3 is 0 Å². The smallest absolute Gasteiger partial charge is 0.276 e. The first-order chi connectivity index (χ1) is 9.20. The molecule has 0 saturated carbocycles. The molecule has 0 unspecified atom stereocenters. The molecule has 0 bridgehead atoms. The van der Waals surface area contributed by atoms with E-state index in [0.717, 1.165) is 0 Å². The first kappa shape index (κ1) is 12.6. The molecular weight excluding hydrogens is 244 g/mol. The molecule has 19 heavy (non-hydrogen) atoms. The van der Waals surface area contributed by atoms with Crippen molar-refractivity contribution in [2.75, 3.05) is 11.9 Å². The van der Waals surface area contributed by atoms with Gasteiger partial charge in [0.05, 0.1) is 5.69 Å². The zero-order chi connectivity index (χ0) is 13.7. The summed E-state index contributed by atoms with van der Waals surface area (Å²) in [6, 6.07) is 10.4. The van der Waals surface area contributed by atoms with E-state index in [1.54, 1.807) is 48.3 Å². The fraction of sp³-hybridized carbons (Fsp3) is 0.154. The first-order valence-corrected chi connectivity index (χ1v) is 5.60. The van der Waals surface area contributed by atoms with Crippen molar-refractivity contribution in [3.8, 4) is 11.8 Å². The molecule has 6 heteroatoms. The number of para-hydroxylation sites is 2. The van der Waals surface area contributed by atoms with Crippen LogP contribution >= 0.6 is 0 Å². The lowest BCUT2D eigenvalue weighted by molar-refractivity contribution is 0.102. The summed E-state index contributed by atoms with van der Waals surface area (Å²) in [5.74, 6) is 0.127. The van der Waals surface area contributed by atoms with Gasteiger partial charge in [-0.05, 0) is 18.2 Å². The van der Waals surface area contributed by atoms with Crippen LogP contribution in [0.25, 0.3) is 0 Å². The molecule has 0 aliphatic rings. The van der Waals surface area contributed by atoms with Crippen LogP contribution in [0.3, 0.4) is 0 Å². The second kappa shape index (κ2) is 5.69. The van der Waals surface area contributed by atoms with Crippen LogP contribution in [0.5, 0.6) is 5.75 Å². The summed E-state index contributed by atoms with van der Waals surface area (Å²) in [5, 5.41) is 15.2. The van der Waals surface area contributed by atoms with Crippen molar-refractivity contribution in [3.63, 3.8) is 0 Å². The number of benzene rings is 1. The Hall–Kier alpha value is -2.81. The third kappa shape index (κ3) is 3.10. The van der Waals surface area contributed by atoms with Crippen LogP contribution in [0.1, 0.15) is 10.5 Å². The lowest BCUT2D eigenvalue weighted by Crippen LogP contribution is -2.14. The highest BCUT2D eigenvalue weighted by Crippen LogP contribution is 2.23. The maximum absolute atomic E-state index is 11.9.